The SMILES string of the molecule is O=C(O)C[C@H](NC(=O)c1cc(CCc2ccc3c(n2)NCCC3)c[nH]1)c1cnc2ccccc2c1. The average Bonchev–Trinajstić information content (AvgIpc) is 3.36. The molecule has 0 spiro atoms. The Bertz CT molecular complexity index is 1380. The van der Waals surface area contributed by atoms with Crippen molar-refractivity contribution >= 4 is 28.6 Å². The highest BCUT2D eigenvalue weighted by Gasteiger charge is 2.21. The van der Waals surface area contributed by atoms with Crippen LogP contribution in [0.1, 0.15) is 51.8 Å². The standard InChI is InChI=1S/C27H27N5O3/c33-25(34)14-23(20-13-19-4-1-2-6-22(19)30-16-20)32-27(35)24-12-17(15-29-24)7-9-21-10-8-18-5-3-11-28-26(18)31-21/h1-2,4,6,8,10,12-13,15-16,23,29H,3,5,7,9,11,14H2,(H,28,31)(H,32,35)(H,33,34)/t23-/m0/s1. The van der Waals surface area contributed by atoms with Gasteiger partial charge < -0.3 is 20.7 Å². The van der Waals surface area contributed by atoms with Crippen LogP contribution in [-0.2, 0) is 24.1 Å². The second kappa shape index (κ2) is 9.97. The van der Waals surface area contributed by atoms with Crippen LogP contribution in [-0.4, -0.2) is 38.5 Å². The van der Waals surface area contributed by atoms with Crippen LogP contribution in [0, 0.1) is 0 Å². The molecule has 4 heterocycles. The van der Waals surface area contributed by atoms with Gasteiger partial charge >= 0.3 is 5.97 Å². The molecule has 1 atom stereocenters. The number of aliphatic carboxylic acids is 1. The van der Waals surface area contributed by atoms with Crippen LogP contribution in [0.3, 0.4) is 0 Å². The Labute approximate surface area is 202 Å². The molecule has 4 N–H and O–H groups in total. The fourth-order valence-electron chi connectivity index (χ4n) is 4.44. The monoisotopic (exact) mass is 469 g/mol. The minimum Gasteiger partial charge on any atom is -0.481 e. The molecule has 8 nitrogen and oxygen atoms in total. The lowest BCUT2D eigenvalue weighted by atomic mass is 10.0. The summed E-state index contributed by atoms with van der Waals surface area (Å²) in [6.07, 6.45) is 6.89. The van der Waals surface area contributed by atoms with Crippen molar-refractivity contribution in [3.05, 3.63) is 89.0 Å². The molecule has 3 aromatic heterocycles. The predicted octanol–water partition coefficient (Wildman–Crippen LogP) is 4.05. The molecule has 0 saturated heterocycles. The van der Waals surface area contributed by atoms with Gasteiger partial charge in [-0.2, -0.15) is 0 Å². The number of nitrogens with zero attached hydrogens (tertiary/aromatic N) is 2. The first-order valence-corrected chi connectivity index (χ1v) is 11.8. The molecule has 8 heteroatoms. The van der Waals surface area contributed by atoms with E-state index >= 15 is 0 Å². The summed E-state index contributed by atoms with van der Waals surface area (Å²) in [4.78, 5) is 36.6. The third-order valence-corrected chi connectivity index (χ3v) is 6.31. The molecule has 0 fully saturated rings. The van der Waals surface area contributed by atoms with Gasteiger partial charge in [0.15, 0.2) is 0 Å². The number of pyridine rings is 2. The van der Waals surface area contributed by atoms with Gasteiger partial charge in [0.05, 0.1) is 18.0 Å². The number of carbonyl (C=O) groups excluding carboxylic acids is 1. The number of aromatic amines is 1. The summed E-state index contributed by atoms with van der Waals surface area (Å²) >= 11 is 0. The average molecular weight is 470 g/mol. The molecule has 1 aliphatic rings. The molecule has 178 valence electrons. The van der Waals surface area contributed by atoms with Crippen molar-refractivity contribution in [2.45, 2.75) is 38.1 Å². The highest BCUT2D eigenvalue weighted by atomic mass is 16.4. The molecule has 1 amide bonds. The number of amides is 1. The Morgan fingerprint density at radius 2 is 2.00 bits per heavy atom. The number of benzene rings is 1. The molecule has 0 saturated carbocycles. The first kappa shape index (κ1) is 22.6. The molecular formula is C27H27N5O3. The summed E-state index contributed by atoms with van der Waals surface area (Å²) < 4.78 is 0. The molecule has 4 aromatic rings. The van der Waals surface area contributed by atoms with Gasteiger partial charge in [0.25, 0.3) is 5.91 Å². The normalized spacial score (nSPS) is 13.6. The van der Waals surface area contributed by atoms with Crippen molar-refractivity contribution in [3.63, 3.8) is 0 Å². The molecule has 0 aliphatic carbocycles. The number of fused-ring (bicyclic) bond motifs is 2. The van der Waals surface area contributed by atoms with Gasteiger partial charge in [-0.3, -0.25) is 14.6 Å². The highest BCUT2D eigenvalue weighted by molar-refractivity contribution is 5.93. The molecule has 0 radical (unpaired) electrons. The number of H-pyrrole nitrogens is 1. The number of carboxylic acids is 1. The van der Waals surface area contributed by atoms with Crippen molar-refractivity contribution in [2.75, 3.05) is 11.9 Å². The molecule has 0 unspecified atom stereocenters. The maximum Gasteiger partial charge on any atom is 0.305 e. The van der Waals surface area contributed by atoms with Gasteiger partial charge in [0.1, 0.15) is 11.5 Å². The third-order valence-electron chi connectivity index (χ3n) is 6.31. The minimum atomic E-state index is -0.998. The maximum absolute atomic E-state index is 12.9. The smallest absolute Gasteiger partial charge is 0.305 e. The molecule has 1 aromatic carbocycles. The number of hydrogen-bond donors (Lipinski definition) is 4. The summed E-state index contributed by atoms with van der Waals surface area (Å²) in [7, 11) is 0. The fourth-order valence-corrected chi connectivity index (χ4v) is 4.44. The number of nitrogens with one attached hydrogen (secondary N) is 3. The number of rotatable bonds is 8. The van der Waals surface area contributed by atoms with Gasteiger partial charge in [-0.1, -0.05) is 24.3 Å². The Balaban J connectivity index is 1.26. The summed E-state index contributed by atoms with van der Waals surface area (Å²) in [5.41, 5.74) is 5.12. The number of carbonyl (C=O) groups is 2. The van der Waals surface area contributed by atoms with E-state index in [-0.39, 0.29) is 12.3 Å². The number of aryl methyl sites for hydroxylation is 3. The lowest BCUT2D eigenvalue weighted by molar-refractivity contribution is -0.137. The van der Waals surface area contributed by atoms with Crippen LogP contribution >= 0.6 is 0 Å². The zero-order valence-corrected chi connectivity index (χ0v) is 19.3. The topological polar surface area (TPSA) is 120 Å². The quantitative estimate of drug-likeness (QED) is 0.309. The van der Waals surface area contributed by atoms with Gasteiger partial charge in [0.2, 0.25) is 0 Å². The number of hydrogen-bond acceptors (Lipinski definition) is 5. The summed E-state index contributed by atoms with van der Waals surface area (Å²) in [6.45, 7) is 0.956. The lowest BCUT2D eigenvalue weighted by Gasteiger charge is -2.17. The van der Waals surface area contributed by atoms with E-state index in [4.69, 9.17) is 4.98 Å². The number of aromatic nitrogens is 3. The van der Waals surface area contributed by atoms with Crippen LogP contribution in [0.2, 0.25) is 0 Å². The van der Waals surface area contributed by atoms with Crippen LogP contribution in [0.4, 0.5) is 5.82 Å². The van der Waals surface area contributed by atoms with E-state index in [1.54, 1.807) is 6.20 Å². The number of para-hydroxylation sites is 1. The van der Waals surface area contributed by atoms with Gasteiger partial charge in [-0.25, -0.2) is 4.98 Å². The second-order valence-corrected chi connectivity index (χ2v) is 8.85. The van der Waals surface area contributed by atoms with E-state index in [0.29, 0.717) is 11.3 Å². The van der Waals surface area contributed by atoms with E-state index in [1.165, 1.54) is 5.56 Å². The summed E-state index contributed by atoms with van der Waals surface area (Å²) in [6, 6.07) is 14.8. The highest BCUT2D eigenvalue weighted by Crippen LogP contribution is 2.22. The van der Waals surface area contributed by atoms with E-state index in [9.17, 15) is 14.7 Å². The molecule has 5 rings (SSSR count). The summed E-state index contributed by atoms with van der Waals surface area (Å²) in [5.74, 6) is -0.370. The molecule has 1 aliphatic heterocycles. The first-order chi connectivity index (χ1) is 17.0. The predicted molar refractivity (Wildman–Crippen MR) is 133 cm³/mol. The molecule has 35 heavy (non-hydrogen) atoms. The Hall–Kier alpha value is -4.20. The van der Waals surface area contributed by atoms with Gasteiger partial charge in [-0.05, 0) is 66.6 Å². The maximum atomic E-state index is 12.9. The lowest BCUT2D eigenvalue weighted by Crippen LogP contribution is -2.30. The van der Waals surface area contributed by atoms with E-state index < -0.39 is 12.0 Å². The van der Waals surface area contributed by atoms with Crippen LogP contribution in [0.5, 0.6) is 0 Å². The summed E-state index contributed by atoms with van der Waals surface area (Å²) in [5, 5.41) is 16.5. The largest absolute Gasteiger partial charge is 0.481 e. The van der Waals surface area contributed by atoms with Crippen molar-refractivity contribution in [2.24, 2.45) is 0 Å². The first-order valence-electron chi connectivity index (χ1n) is 11.8. The zero-order valence-electron chi connectivity index (χ0n) is 19.3. The van der Waals surface area contributed by atoms with Crippen LogP contribution in [0.15, 0.2) is 60.9 Å². The minimum absolute atomic E-state index is 0.239. The van der Waals surface area contributed by atoms with Crippen LogP contribution < -0.4 is 10.6 Å². The number of carboxylic acid groups (broad SMARTS) is 1. The molecular weight excluding hydrogens is 442 g/mol. The van der Waals surface area contributed by atoms with Crippen molar-refractivity contribution < 1.29 is 14.7 Å². The Morgan fingerprint density at radius 1 is 1.11 bits per heavy atom. The fraction of sp³-hybridized carbons (Fsp3) is 0.259. The van der Waals surface area contributed by atoms with E-state index in [0.717, 1.165) is 60.2 Å². The van der Waals surface area contributed by atoms with E-state index in [1.807, 2.05) is 42.6 Å². The van der Waals surface area contributed by atoms with Gasteiger partial charge in [-0.15, -0.1) is 0 Å². The van der Waals surface area contributed by atoms with Gasteiger partial charge in [0, 0.05) is 30.0 Å². The Morgan fingerprint density at radius 3 is 2.89 bits per heavy atom. The number of anilines is 1. The second-order valence-electron chi connectivity index (χ2n) is 8.85. The molecule has 0 bridgehead atoms. The third kappa shape index (κ3) is 5.32. The van der Waals surface area contributed by atoms with E-state index in [2.05, 4.69) is 32.7 Å². The zero-order chi connectivity index (χ0) is 24.2. The van der Waals surface area contributed by atoms with Crippen molar-refractivity contribution in [1.82, 2.24) is 20.3 Å². The van der Waals surface area contributed by atoms with Crippen molar-refractivity contribution in [3.8, 4) is 0 Å². The van der Waals surface area contributed by atoms with Crippen molar-refractivity contribution in [1.29, 1.82) is 0 Å². The Kier molecular flexibility index (Phi) is 6.43. The van der Waals surface area contributed by atoms with Crippen LogP contribution in [0.25, 0.3) is 10.9 Å².